The van der Waals surface area contributed by atoms with Gasteiger partial charge in [-0.3, -0.25) is 4.79 Å². The Balaban J connectivity index is 2.62. The number of carbonyl (C=O) groups is 1. The van der Waals surface area contributed by atoms with Crippen LogP contribution in [0.25, 0.3) is 0 Å². The van der Waals surface area contributed by atoms with E-state index in [0.29, 0.717) is 13.2 Å². The molecule has 0 aromatic heterocycles. The molecule has 0 aliphatic heterocycles. The topological polar surface area (TPSA) is 72.5 Å². The Morgan fingerprint density at radius 1 is 1.38 bits per heavy atom. The van der Waals surface area contributed by atoms with Crippen molar-refractivity contribution in [3.05, 3.63) is 29.6 Å². The maximum absolute atomic E-state index is 13.6. The highest BCUT2D eigenvalue weighted by Gasteiger charge is 2.17. The fourth-order valence-electron chi connectivity index (χ4n) is 1.51. The van der Waals surface area contributed by atoms with Gasteiger partial charge in [0.15, 0.2) is 0 Å². The van der Waals surface area contributed by atoms with Gasteiger partial charge in [0, 0.05) is 23.8 Å². The molecular formula is C13H17ClFNO4S. The van der Waals surface area contributed by atoms with Crippen molar-refractivity contribution >= 4 is 25.6 Å². The van der Waals surface area contributed by atoms with E-state index >= 15 is 0 Å². The van der Waals surface area contributed by atoms with Crippen LogP contribution in [0.2, 0.25) is 0 Å². The van der Waals surface area contributed by atoms with Gasteiger partial charge in [-0.15, -0.1) is 0 Å². The standard InChI is InChI=1S/C13H17ClFNO4S/c1-2-3-7-20-8-6-16-13(17)11-9-10(21(14,18)19)4-5-12(11)15/h4-5,9H,2-3,6-8H2,1H3,(H,16,17). The third-order valence-electron chi connectivity index (χ3n) is 2.64. The lowest BCUT2D eigenvalue weighted by Gasteiger charge is -2.08. The highest BCUT2D eigenvalue weighted by Crippen LogP contribution is 2.18. The van der Waals surface area contributed by atoms with Gasteiger partial charge in [0.05, 0.1) is 17.1 Å². The molecule has 0 saturated heterocycles. The number of hydrogen-bond acceptors (Lipinski definition) is 4. The summed E-state index contributed by atoms with van der Waals surface area (Å²) in [4.78, 5) is 11.5. The molecule has 1 rings (SSSR count). The van der Waals surface area contributed by atoms with Crippen LogP contribution in [0.4, 0.5) is 4.39 Å². The van der Waals surface area contributed by atoms with Crippen LogP contribution in [0.1, 0.15) is 30.1 Å². The molecule has 1 aromatic carbocycles. The minimum Gasteiger partial charge on any atom is -0.380 e. The minimum absolute atomic E-state index is 0.208. The number of hydrogen-bond donors (Lipinski definition) is 1. The van der Waals surface area contributed by atoms with Crippen LogP contribution in [0, 0.1) is 5.82 Å². The molecule has 0 atom stereocenters. The molecule has 0 aliphatic rings. The summed E-state index contributed by atoms with van der Waals surface area (Å²) in [7, 11) is 1.15. The molecule has 0 aliphatic carbocycles. The van der Waals surface area contributed by atoms with Gasteiger partial charge < -0.3 is 10.1 Å². The summed E-state index contributed by atoms with van der Waals surface area (Å²) in [5, 5.41) is 2.45. The quantitative estimate of drug-likeness (QED) is 0.583. The van der Waals surface area contributed by atoms with Crippen molar-refractivity contribution in [2.75, 3.05) is 19.8 Å². The summed E-state index contributed by atoms with van der Waals surface area (Å²) >= 11 is 0. The van der Waals surface area contributed by atoms with Gasteiger partial charge >= 0.3 is 0 Å². The first kappa shape index (κ1) is 17.9. The Morgan fingerprint density at radius 3 is 2.71 bits per heavy atom. The Kier molecular flexibility index (Phi) is 7.07. The van der Waals surface area contributed by atoms with E-state index in [9.17, 15) is 17.6 Å². The third kappa shape index (κ3) is 5.99. The van der Waals surface area contributed by atoms with Gasteiger partial charge in [-0.25, -0.2) is 12.8 Å². The Bertz CT molecular complexity index is 592. The molecule has 1 N–H and O–H groups in total. The molecule has 21 heavy (non-hydrogen) atoms. The zero-order valence-electron chi connectivity index (χ0n) is 11.6. The number of carbonyl (C=O) groups excluding carboxylic acids is 1. The number of ether oxygens (including phenoxy) is 1. The van der Waals surface area contributed by atoms with Gasteiger partial charge in [0.1, 0.15) is 5.82 Å². The van der Waals surface area contributed by atoms with Crippen LogP contribution in [0.5, 0.6) is 0 Å². The van der Waals surface area contributed by atoms with E-state index in [-0.39, 0.29) is 17.0 Å². The molecule has 8 heteroatoms. The highest BCUT2D eigenvalue weighted by atomic mass is 35.7. The van der Waals surface area contributed by atoms with Gasteiger partial charge in [-0.05, 0) is 24.6 Å². The lowest BCUT2D eigenvalue weighted by molar-refractivity contribution is 0.0908. The molecule has 0 saturated carbocycles. The molecule has 0 heterocycles. The second kappa shape index (κ2) is 8.31. The van der Waals surface area contributed by atoms with E-state index in [1.54, 1.807) is 0 Å². The predicted octanol–water partition coefficient (Wildman–Crippen LogP) is 2.30. The molecule has 1 amide bonds. The van der Waals surface area contributed by atoms with Gasteiger partial charge in [0.2, 0.25) is 0 Å². The average Bonchev–Trinajstić information content (AvgIpc) is 2.41. The van der Waals surface area contributed by atoms with Crippen LogP contribution in [0.3, 0.4) is 0 Å². The summed E-state index contributed by atoms with van der Waals surface area (Å²) in [6.45, 7) is 3.15. The van der Waals surface area contributed by atoms with Crippen molar-refractivity contribution in [2.45, 2.75) is 24.7 Å². The van der Waals surface area contributed by atoms with Gasteiger partial charge in [0.25, 0.3) is 15.0 Å². The Hall–Kier alpha value is -1.18. The van der Waals surface area contributed by atoms with E-state index in [1.807, 2.05) is 6.92 Å². The van der Waals surface area contributed by atoms with E-state index < -0.39 is 20.8 Å². The third-order valence-corrected chi connectivity index (χ3v) is 3.99. The van der Waals surface area contributed by atoms with Crippen LogP contribution < -0.4 is 5.32 Å². The first-order valence-corrected chi connectivity index (χ1v) is 8.77. The van der Waals surface area contributed by atoms with Crippen molar-refractivity contribution < 1.29 is 22.3 Å². The van der Waals surface area contributed by atoms with Crippen LogP contribution in [-0.2, 0) is 13.8 Å². The molecule has 0 spiro atoms. The normalized spacial score (nSPS) is 11.4. The van der Waals surface area contributed by atoms with Crippen molar-refractivity contribution in [3.8, 4) is 0 Å². The largest absolute Gasteiger partial charge is 0.380 e. The SMILES string of the molecule is CCCCOCCNC(=O)c1cc(S(=O)(=O)Cl)ccc1F. The smallest absolute Gasteiger partial charge is 0.261 e. The number of benzene rings is 1. The summed E-state index contributed by atoms with van der Waals surface area (Å²) in [5.74, 6) is -1.53. The van der Waals surface area contributed by atoms with E-state index in [1.165, 1.54) is 0 Å². The summed E-state index contributed by atoms with van der Waals surface area (Å²) in [6, 6.07) is 2.80. The lowest BCUT2D eigenvalue weighted by Crippen LogP contribution is -2.28. The molecule has 0 radical (unpaired) electrons. The predicted molar refractivity (Wildman–Crippen MR) is 77.5 cm³/mol. The van der Waals surface area contributed by atoms with E-state index in [4.69, 9.17) is 15.4 Å². The molecular weight excluding hydrogens is 321 g/mol. The number of nitrogens with one attached hydrogen (secondary N) is 1. The van der Waals surface area contributed by atoms with Gasteiger partial charge in [-0.2, -0.15) is 0 Å². The van der Waals surface area contributed by atoms with Crippen LogP contribution in [-0.4, -0.2) is 34.1 Å². The monoisotopic (exact) mass is 337 g/mol. The Morgan fingerprint density at radius 2 is 2.10 bits per heavy atom. The second-order valence-corrected chi connectivity index (χ2v) is 6.87. The molecule has 0 bridgehead atoms. The zero-order valence-corrected chi connectivity index (χ0v) is 13.1. The summed E-state index contributed by atoms with van der Waals surface area (Å²) in [5.41, 5.74) is -0.370. The van der Waals surface area contributed by atoms with E-state index in [2.05, 4.69) is 5.32 Å². The maximum atomic E-state index is 13.6. The van der Waals surface area contributed by atoms with Crippen LogP contribution >= 0.6 is 10.7 Å². The minimum atomic E-state index is -4.01. The number of unbranched alkanes of at least 4 members (excludes halogenated alkanes) is 1. The molecule has 0 unspecified atom stereocenters. The first-order chi connectivity index (χ1) is 9.86. The fraction of sp³-hybridized carbons (Fsp3) is 0.462. The fourth-order valence-corrected chi connectivity index (χ4v) is 2.29. The first-order valence-electron chi connectivity index (χ1n) is 6.46. The van der Waals surface area contributed by atoms with Crippen molar-refractivity contribution in [3.63, 3.8) is 0 Å². The number of halogens is 2. The Labute approximate surface area is 127 Å². The van der Waals surface area contributed by atoms with Crippen molar-refractivity contribution in [2.24, 2.45) is 0 Å². The summed E-state index contributed by atoms with van der Waals surface area (Å²) < 4.78 is 41.1. The molecule has 1 aromatic rings. The zero-order chi connectivity index (χ0) is 15.9. The average molecular weight is 338 g/mol. The maximum Gasteiger partial charge on any atom is 0.261 e. The lowest BCUT2D eigenvalue weighted by atomic mass is 10.2. The van der Waals surface area contributed by atoms with E-state index in [0.717, 1.165) is 31.0 Å². The molecule has 5 nitrogen and oxygen atoms in total. The number of rotatable bonds is 8. The molecule has 118 valence electrons. The second-order valence-electron chi connectivity index (χ2n) is 4.30. The summed E-state index contributed by atoms with van der Waals surface area (Å²) in [6.07, 6.45) is 1.94. The van der Waals surface area contributed by atoms with Crippen LogP contribution in [0.15, 0.2) is 23.1 Å². The number of amides is 1. The van der Waals surface area contributed by atoms with Gasteiger partial charge in [-0.1, -0.05) is 13.3 Å². The van der Waals surface area contributed by atoms with Crippen molar-refractivity contribution in [1.29, 1.82) is 0 Å². The molecule has 0 fully saturated rings. The van der Waals surface area contributed by atoms with Crippen molar-refractivity contribution in [1.82, 2.24) is 5.32 Å². The highest BCUT2D eigenvalue weighted by molar-refractivity contribution is 8.13.